The van der Waals surface area contributed by atoms with Gasteiger partial charge in [-0.05, 0) is 25.3 Å². The summed E-state index contributed by atoms with van der Waals surface area (Å²) in [4.78, 5) is 10.6. The number of hydrogen-bond acceptors (Lipinski definition) is 2. The number of carboxylic acids is 1. The molecule has 0 aliphatic carbocycles. The van der Waals surface area contributed by atoms with Gasteiger partial charge in [0.1, 0.15) is 6.04 Å². The highest BCUT2D eigenvalue weighted by molar-refractivity contribution is 5.73. The molecule has 1 heterocycles. The molecule has 3 heteroatoms. The molecule has 2 N–H and O–H groups in total. The zero-order valence-corrected chi connectivity index (χ0v) is 8.25. The fourth-order valence-electron chi connectivity index (χ4n) is 1.90. The Bertz CT molecular complexity index is 170. The van der Waals surface area contributed by atoms with Gasteiger partial charge in [-0.3, -0.25) is 4.79 Å². The maximum atomic E-state index is 10.6. The first kappa shape index (κ1) is 10.5. The number of carboxylic acid groups (broad SMARTS) is 1. The predicted octanol–water partition coefficient (Wildman–Crippen LogP) is 1.63. The molecule has 0 aromatic heterocycles. The molecule has 0 spiro atoms. The first-order chi connectivity index (χ1) is 6.24. The summed E-state index contributed by atoms with van der Waals surface area (Å²) >= 11 is 0. The van der Waals surface area contributed by atoms with E-state index in [0.29, 0.717) is 5.92 Å². The van der Waals surface area contributed by atoms with Crippen molar-refractivity contribution in [1.82, 2.24) is 5.32 Å². The largest absolute Gasteiger partial charge is 0.480 e. The van der Waals surface area contributed by atoms with Gasteiger partial charge in [0.15, 0.2) is 0 Å². The van der Waals surface area contributed by atoms with Gasteiger partial charge in [0.25, 0.3) is 0 Å². The molecule has 1 rings (SSSR count). The van der Waals surface area contributed by atoms with E-state index in [1.54, 1.807) is 0 Å². The van der Waals surface area contributed by atoms with Gasteiger partial charge in [0, 0.05) is 0 Å². The van der Waals surface area contributed by atoms with E-state index in [9.17, 15) is 4.79 Å². The van der Waals surface area contributed by atoms with Crippen molar-refractivity contribution in [2.45, 2.75) is 45.1 Å². The van der Waals surface area contributed by atoms with Crippen molar-refractivity contribution >= 4 is 5.97 Å². The zero-order valence-electron chi connectivity index (χ0n) is 8.25. The van der Waals surface area contributed by atoms with Crippen LogP contribution in [0.25, 0.3) is 0 Å². The Balaban J connectivity index is 2.14. The lowest BCUT2D eigenvalue weighted by Gasteiger charge is -2.06. The summed E-state index contributed by atoms with van der Waals surface area (Å²) in [6, 6.07) is -0.286. The number of nitrogens with one attached hydrogen (secondary N) is 1. The van der Waals surface area contributed by atoms with E-state index in [0.717, 1.165) is 13.0 Å². The van der Waals surface area contributed by atoms with Crippen molar-refractivity contribution in [3.05, 3.63) is 0 Å². The van der Waals surface area contributed by atoms with Crippen LogP contribution in [0.5, 0.6) is 0 Å². The van der Waals surface area contributed by atoms with Crippen LogP contribution in [0.3, 0.4) is 0 Å². The van der Waals surface area contributed by atoms with Crippen LogP contribution in [0, 0.1) is 5.92 Å². The summed E-state index contributed by atoms with van der Waals surface area (Å²) in [6.07, 6.45) is 5.76. The lowest BCUT2D eigenvalue weighted by molar-refractivity contribution is -0.139. The highest BCUT2D eigenvalue weighted by Crippen LogP contribution is 2.20. The zero-order chi connectivity index (χ0) is 9.68. The van der Waals surface area contributed by atoms with Gasteiger partial charge < -0.3 is 10.4 Å². The molecule has 0 aromatic rings. The summed E-state index contributed by atoms with van der Waals surface area (Å²) in [7, 11) is 0. The minimum Gasteiger partial charge on any atom is -0.480 e. The second kappa shape index (κ2) is 5.22. The van der Waals surface area contributed by atoms with Gasteiger partial charge in [0.05, 0.1) is 0 Å². The highest BCUT2D eigenvalue weighted by Gasteiger charge is 2.28. The fraction of sp³-hybridized carbons (Fsp3) is 0.900. The lowest BCUT2D eigenvalue weighted by atomic mass is 9.98. The van der Waals surface area contributed by atoms with E-state index in [-0.39, 0.29) is 6.04 Å². The van der Waals surface area contributed by atoms with Crippen molar-refractivity contribution in [2.24, 2.45) is 5.92 Å². The lowest BCUT2D eigenvalue weighted by Crippen LogP contribution is -2.29. The van der Waals surface area contributed by atoms with Crippen molar-refractivity contribution < 1.29 is 9.90 Å². The van der Waals surface area contributed by atoms with Crippen LogP contribution in [-0.2, 0) is 4.79 Å². The second-order valence-corrected chi connectivity index (χ2v) is 3.90. The summed E-state index contributed by atoms with van der Waals surface area (Å²) in [5, 5.41) is 11.8. The van der Waals surface area contributed by atoms with E-state index in [1.807, 2.05) is 0 Å². The Morgan fingerprint density at radius 1 is 1.54 bits per heavy atom. The topological polar surface area (TPSA) is 49.3 Å². The number of aliphatic carboxylic acids is 1. The van der Waals surface area contributed by atoms with E-state index < -0.39 is 5.97 Å². The normalized spacial score (nSPS) is 27.8. The first-order valence-electron chi connectivity index (χ1n) is 5.20. The average Bonchev–Trinajstić information content (AvgIpc) is 2.53. The average molecular weight is 185 g/mol. The van der Waals surface area contributed by atoms with Crippen molar-refractivity contribution in [1.29, 1.82) is 0 Å². The van der Waals surface area contributed by atoms with Crippen LogP contribution >= 0.6 is 0 Å². The van der Waals surface area contributed by atoms with Crippen LogP contribution in [0.1, 0.15) is 39.0 Å². The van der Waals surface area contributed by atoms with Gasteiger partial charge in [0.2, 0.25) is 0 Å². The minimum atomic E-state index is -0.696. The Kier molecular flexibility index (Phi) is 4.22. The summed E-state index contributed by atoms with van der Waals surface area (Å²) in [5.74, 6) is -0.106. The molecule has 0 saturated carbocycles. The monoisotopic (exact) mass is 185 g/mol. The molecule has 0 bridgehead atoms. The van der Waals surface area contributed by atoms with E-state index in [1.165, 1.54) is 25.7 Å². The van der Waals surface area contributed by atoms with Crippen LogP contribution in [-0.4, -0.2) is 23.7 Å². The maximum Gasteiger partial charge on any atom is 0.320 e. The molecule has 1 aliphatic rings. The van der Waals surface area contributed by atoms with Gasteiger partial charge in [-0.2, -0.15) is 0 Å². The molecule has 3 nitrogen and oxygen atoms in total. The molecular formula is C10H19NO2. The van der Waals surface area contributed by atoms with Crippen molar-refractivity contribution in [3.63, 3.8) is 0 Å². The van der Waals surface area contributed by atoms with Crippen LogP contribution in [0.15, 0.2) is 0 Å². The molecule has 76 valence electrons. The highest BCUT2D eigenvalue weighted by atomic mass is 16.4. The summed E-state index contributed by atoms with van der Waals surface area (Å²) < 4.78 is 0. The van der Waals surface area contributed by atoms with Gasteiger partial charge >= 0.3 is 5.97 Å². The number of unbranched alkanes of at least 4 members (excludes halogenated alkanes) is 2. The minimum absolute atomic E-state index is 0.286. The van der Waals surface area contributed by atoms with Gasteiger partial charge in [-0.1, -0.05) is 26.2 Å². The summed E-state index contributed by atoms with van der Waals surface area (Å²) in [6.45, 7) is 3.08. The Labute approximate surface area is 79.5 Å². The predicted molar refractivity (Wildman–Crippen MR) is 51.7 cm³/mol. The molecule has 1 saturated heterocycles. The third kappa shape index (κ3) is 3.35. The third-order valence-corrected chi connectivity index (χ3v) is 2.74. The molecule has 13 heavy (non-hydrogen) atoms. The maximum absolute atomic E-state index is 10.6. The Morgan fingerprint density at radius 2 is 2.31 bits per heavy atom. The fourth-order valence-corrected chi connectivity index (χ4v) is 1.90. The molecule has 0 aromatic carbocycles. The molecule has 1 aliphatic heterocycles. The third-order valence-electron chi connectivity index (χ3n) is 2.74. The molecule has 1 fully saturated rings. The molecule has 0 radical (unpaired) electrons. The van der Waals surface area contributed by atoms with E-state index in [4.69, 9.17) is 5.11 Å². The number of rotatable bonds is 5. The molecule has 2 atom stereocenters. The van der Waals surface area contributed by atoms with Crippen LogP contribution < -0.4 is 5.32 Å². The first-order valence-corrected chi connectivity index (χ1v) is 5.20. The van der Waals surface area contributed by atoms with Crippen LogP contribution in [0.2, 0.25) is 0 Å². The number of carbonyl (C=O) groups is 1. The second-order valence-electron chi connectivity index (χ2n) is 3.90. The molecule has 2 unspecified atom stereocenters. The molecular weight excluding hydrogens is 166 g/mol. The quantitative estimate of drug-likeness (QED) is 0.640. The SMILES string of the molecule is CCCCCC1CNC(C(=O)O)C1. The standard InChI is InChI=1S/C10H19NO2/c1-2-3-4-5-8-6-9(10(12)13)11-7-8/h8-9,11H,2-7H2,1H3,(H,12,13). The van der Waals surface area contributed by atoms with Crippen molar-refractivity contribution in [3.8, 4) is 0 Å². The van der Waals surface area contributed by atoms with Gasteiger partial charge in [-0.25, -0.2) is 0 Å². The van der Waals surface area contributed by atoms with Crippen molar-refractivity contribution in [2.75, 3.05) is 6.54 Å². The summed E-state index contributed by atoms with van der Waals surface area (Å²) in [5.41, 5.74) is 0. The van der Waals surface area contributed by atoms with E-state index >= 15 is 0 Å². The van der Waals surface area contributed by atoms with E-state index in [2.05, 4.69) is 12.2 Å². The molecule has 0 amide bonds. The Morgan fingerprint density at radius 3 is 2.85 bits per heavy atom. The smallest absolute Gasteiger partial charge is 0.320 e. The Hall–Kier alpha value is -0.570. The van der Waals surface area contributed by atoms with Crippen LogP contribution in [0.4, 0.5) is 0 Å². The number of hydrogen-bond donors (Lipinski definition) is 2. The van der Waals surface area contributed by atoms with Gasteiger partial charge in [-0.15, -0.1) is 0 Å².